The van der Waals surface area contributed by atoms with E-state index in [2.05, 4.69) is 55.2 Å². The summed E-state index contributed by atoms with van der Waals surface area (Å²) in [4.78, 5) is 4.40. The van der Waals surface area contributed by atoms with Gasteiger partial charge in [0.1, 0.15) is 0 Å². The lowest BCUT2D eigenvalue weighted by atomic mass is 9.94. The van der Waals surface area contributed by atoms with Gasteiger partial charge in [0.05, 0.1) is 5.69 Å². The molecule has 0 amide bonds. The molecule has 3 rings (SSSR count). The van der Waals surface area contributed by atoms with Gasteiger partial charge in [0, 0.05) is 10.9 Å². The van der Waals surface area contributed by atoms with Crippen molar-refractivity contribution in [2.24, 2.45) is 0 Å². The zero-order chi connectivity index (χ0) is 14.1. The molecule has 0 aliphatic carbocycles. The van der Waals surface area contributed by atoms with Crippen LogP contribution in [0.3, 0.4) is 0 Å². The average molecular weight is 280 g/mol. The van der Waals surface area contributed by atoms with Crippen LogP contribution >= 0.6 is 11.3 Å². The number of benzene rings is 2. The summed E-state index contributed by atoms with van der Waals surface area (Å²) in [6.45, 7) is 4.26. The number of rotatable bonds is 2. The summed E-state index contributed by atoms with van der Waals surface area (Å²) >= 11 is 1.48. The molecule has 0 aliphatic rings. The molecule has 0 atom stereocenters. The molecule has 3 aromatic rings. The average Bonchev–Trinajstić information content (AvgIpc) is 2.85. The Morgan fingerprint density at radius 2 is 1.60 bits per heavy atom. The first-order chi connectivity index (χ1) is 9.65. The van der Waals surface area contributed by atoms with Crippen molar-refractivity contribution in [3.05, 3.63) is 59.0 Å². The zero-order valence-corrected chi connectivity index (χ0v) is 12.4. The number of thiazole rings is 1. The van der Waals surface area contributed by atoms with Crippen molar-refractivity contribution in [3.8, 4) is 22.4 Å². The van der Waals surface area contributed by atoms with Crippen LogP contribution in [0.15, 0.2) is 47.8 Å². The minimum atomic E-state index is 0.617. The van der Waals surface area contributed by atoms with Crippen LogP contribution in [-0.2, 0) is 0 Å². The summed E-state index contributed by atoms with van der Waals surface area (Å²) in [6, 6.07) is 14.9. The van der Waals surface area contributed by atoms with Gasteiger partial charge in [0.25, 0.3) is 0 Å². The number of nitrogens with two attached hydrogens (primary N) is 1. The second kappa shape index (κ2) is 5.10. The number of anilines is 1. The predicted octanol–water partition coefficient (Wildman–Crippen LogP) is 4.68. The Balaban J connectivity index is 2.12. The molecule has 0 spiro atoms. The molecule has 0 saturated heterocycles. The highest BCUT2D eigenvalue weighted by Gasteiger charge is 2.11. The van der Waals surface area contributed by atoms with Crippen LogP contribution in [0.5, 0.6) is 0 Å². The Labute approximate surface area is 122 Å². The fourth-order valence-corrected chi connectivity index (χ4v) is 3.12. The molecule has 0 radical (unpaired) electrons. The van der Waals surface area contributed by atoms with Gasteiger partial charge in [0.15, 0.2) is 5.13 Å². The second-order valence-corrected chi connectivity index (χ2v) is 5.81. The molecule has 2 aromatic carbocycles. The highest BCUT2D eigenvalue weighted by Crippen LogP contribution is 2.33. The topological polar surface area (TPSA) is 38.9 Å². The predicted molar refractivity (Wildman–Crippen MR) is 86.9 cm³/mol. The standard InChI is InChI=1S/C17H16N2S/c1-11-8-14(13-6-4-3-5-7-13)9-12(2)16(11)15-10-20-17(18)19-15/h3-10H,1-2H3,(H2,18,19). The van der Waals surface area contributed by atoms with E-state index < -0.39 is 0 Å². The highest BCUT2D eigenvalue weighted by molar-refractivity contribution is 7.13. The Morgan fingerprint density at radius 3 is 2.15 bits per heavy atom. The van der Waals surface area contributed by atoms with Gasteiger partial charge in [-0.3, -0.25) is 0 Å². The molecule has 0 bridgehead atoms. The Kier molecular flexibility index (Phi) is 3.28. The van der Waals surface area contributed by atoms with Crippen LogP contribution in [0.2, 0.25) is 0 Å². The van der Waals surface area contributed by atoms with Gasteiger partial charge < -0.3 is 5.73 Å². The van der Waals surface area contributed by atoms with E-state index in [0.29, 0.717) is 5.13 Å². The van der Waals surface area contributed by atoms with Gasteiger partial charge >= 0.3 is 0 Å². The fourth-order valence-electron chi connectivity index (χ4n) is 2.57. The summed E-state index contributed by atoms with van der Waals surface area (Å²) in [5.74, 6) is 0. The van der Waals surface area contributed by atoms with Gasteiger partial charge in [0.2, 0.25) is 0 Å². The van der Waals surface area contributed by atoms with Crippen LogP contribution in [0.1, 0.15) is 11.1 Å². The molecule has 2 N–H and O–H groups in total. The largest absolute Gasteiger partial charge is 0.375 e. The lowest BCUT2D eigenvalue weighted by Gasteiger charge is -2.11. The molecule has 0 fully saturated rings. The van der Waals surface area contributed by atoms with Crippen LogP contribution in [-0.4, -0.2) is 4.98 Å². The lowest BCUT2D eigenvalue weighted by molar-refractivity contribution is 1.33. The minimum Gasteiger partial charge on any atom is -0.375 e. The van der Waals surface area contributed by atoms with E-state index in [9.17, 15) is 0 Å². The summed E-state index contributed by atoms with van der Waals surface area (Å²) < 4.78 is 0. The molecular formula is C17H16N2S. The molecule has 0 unspecified atom stereocenters. The monoisotopic (exact) mass is 280 g/mol. The van der Waals surface area contributed by atoms with Crippen molar-refractivity contribution in [2.75, 3.05) is 5.73 Å². The van der Waals surface area contributed by atoms with E-state index in [0.717, 1.165) is 5.69 Å². The van der Waals surface area contributed by atoms with E-state index >= 15 is 0 Å². The van der Waals surface area contributed by atoms with Gasteiger partial charge in [-0.1, -0.05) is 42.5 Å². The number of aromatic nitrogens is 1. The van der Waals surface area contributed by atoms with Gasteiger partial charge in [-0.25, -0.2) is 4.98 Å². The Morgan fingerprint density at radius 1 is 0.950 bits per heavy atom. The van der Waals surface area contributed by atoms with Crippen molar-refractivity contribution in [2.45, 2.75) is 13.8 Å². The third-order valence-corrected chi connectivity index (χ3v) is 4.09. The molecule has 3 heteroatoms. The second-order valence-electron chi connectivity index (χ2n) is 4.92. The molecule has 20 heavy (non-hydrogen) atoms. The maximum Gasteiger partial charge on any atom is 0.180 e. The maximum absolute atomic E-state index is 5.74. The van der Waals surface area contributed by atoms with Crippen molar-refractivity contribution in [3.63, 3.8) is 0 Å². The van der Waals surface area contributed by atoms with E-state index in [1.807, 2.05) is 11.4 Å². The first kappa shape index (κ1) is 12.9. The number of nitrogen functional groups attached to an aromatic ring is 1. The van der Waals surface area contributed by atoms with Gasteiger partial charge in [-0.05, 0) is 36.1 Å². The summed E-state index contributed by atoms with van der Waals surface area (Å²) in [7, 11) is 0. The molecule has 100 valence electrons. The van der Waals surface area contributed by atoms with E-state index in [1.54, 1.807) is 0 Å². The van der Waals surface area contributed by atoms with Crippen LogP contribution in [0.4, 0.5) is 5.13 Å². The summed E-state index contributed by atoms with van der Waals surface area (Å²) in [5, 5.41) is 2.64. The van der Waals surface area contributed by atoms with Crippen LogP contribution in [0, 0.1) is 13.8 Å². The highest BCUT2D eigenvalue weighted by atomic mass is 32.1. The van der Waals surface area contributed by atoms with E-state index in [-0.39, 0.29) is 0 Å². The molecule has 1 heterocycles. The molecule has 2 nitrogen and oxygen atoms in total. The first-order valence-electron chi connectivity index (χ1n) is 6.53. The maximum atomic E-state index is 5.74. The number of aryl methyl sites for hydroxylation is 2. The van der Waals surface area contributed by atoms with Crippen LogP contribution < -0.4 is 5.73 Å². The SMILES string of the molecule is Cc1cc(-c2ccccc2)cc(C)c1-c1csc(N)n1. The lowest BCUT2D eigenvalue weighted by Crippen LogP contribution is -1.91. The Hall–Kier alpha value is -2.13. The van der Waals surface area contributed by atoms with Crippen molar-refractivity contribution < 1.29 is 0 Å². The Bertz CT molecular complexity index is 722. The minimum absolute atomic E-state index is 0.617. The smallest absolute Gasteiger partial charge is 0.180 e. The third-order valence-electron chi connectivity index (χ3n) is 3.42. The number of hydrogen-bond donors (Lipinski definition) is 1. The first-order valence-corrected chi connectivity index (χ1v) is 7.41. The molecule has 1 aromatic heterocycles. The van der Waals surface area contributed by atoms with Gasteiger partial charge in [-0.2, -0.15) is 0 Å². The normalized spacial score (nSPS) is 10.7. The van der Waals surface area contributed by atoms with Crippen molar-refractivity contribution in [1.29, 1.82) is 0 Å². The number of hydrogen-bond acceptors (Lipinski definition) is 3. The fraction of sp³-hybridized carbons (Fsp3) is 0.118. The molecule has 0 aliphatic heterocycles. The summed E-state index contributed by atoms with van der Waals surface area (Å²) in [6.07, 6.45) is 0. The van der Waals surface area contributed by atoms with Gasteiger partial charge in [-0.15, -0.1) is 11.3 Å². The van der Waals surface area contributed by atoms with E-state index in [1.165, 1.54) is 39.2 Å². The van der Waals surface area contributed by atoms with Crippen molar-refractivity contribution >= 4 is 16.5 Å². The quantitative estimate of drug-likeness (QED) is 0.740. The third kappa shape index (κ3) is 2.32. The molecular weight excluding hydrogens is 264 g/mol. The molecule has 0 saturated carbocycles. The van der Waals surface area contributed by atoms with E-state index in [4.69, 9.17) is 5.73 Å². The van der Waals surface area contributed by atoms with Crippen LogP contribution in [0.25, 0.3) is 22.4 Å². The summed E-state index contributed by atoms with van der Waals surface area (Å²) in [5.41, 5.74) is 12.9. The van der Waals surface area contributed by atoms with Crippen molar-refractivity contribution in [1.82, 2.24) is 4.98 Å². The number of nitrogens with zero attached hydrogens (tertiary/aromatic N) is 1. The zero-order valence-electron chi connectivity index (χ0n) is 11.6.